The Balaban J connectivity index is 2.29. The Labute approximate surface area is 160 Å². The number of benzene rings is 1. The molecule has 2 N–H and O–H groups in total. The molecule has 0 spiro atoms. The second-order valence-electron chi connectivity index (χ2n) is 7.56. The first-order valence-electron chi connectivity index (χ1n) is 9.04. The molecule has 1 aromatic carbocycles. The third-order valence-corrected chi connectivity index (χ3v) is 4.60. The number of hydrogen-bond acceptors (Lipinski definition) is 3. The summed E-state index contributed by atoms with van der Waals surface area (Å²) in [6.07, 6.45) is 4.42. The van der Waals surface area contributed by atoms with Crippen molar-refractivity contribution in [1.29, 1.82) is 0 Å². The summed E-state index contributed by atoms with van der Waals surface area (Å²) in [6, 6.07) is 7.00. The Kier molecular flexibility index (Phi) is 6.84. The van der Waals surface area contributed by atoms with Gasteiger partial charge in [-0.3, -0.25) is 4.79 Å². The van der Waals surface area contributed by atoms with Gasteiger partial charge in [-0.25, -0.2) is 4.68 Å². The maximum atomic E-state index is 11.5. The van der Waals surface area contributed by atoms with Crippen LogP contribution in [0.2, 0.25) is 5.02 Å². The standard InChI is InChI=1S/C20H28ClN3O2/c1-5-6-10-16(19(25)26)22-12-14-13-24(23-18(14)20(2,3)4)17-11-8-7-9-15(17)21/h7-9,11,13,16,22H,5-6,10,12H2,1-4H3,(H,25,26)/t16-/m0/s1. The Morgan fingerprint density at radius 2 is 2.04 bits per heavy atom. The van der Waals surface area contributed by atoms with E-state index in [-0.39, 0.29) is 5.41 Å². The zero-order valence-corrected chi connectivity index (χ0v) is 16.7. The zero-order valence-electron chi connectivity index (χ0n) is 15.9. The number of hydrogen-bond donors (Lipinski definition) is 2. The largest absolute Gasteiger partial charge is 0.480 e. The average molecular weight is 378 g/mol. The average Bonchev–Trinajstić information content (AvgIpc) is 2.99. The summed E-state index contributed by atoms with van der Waals surface area (Å²) in [6.45, 7) is 8.81. The Hall–Kier alpha value is -1.85. The Morgan fingerprint density at radius 3 is 2.62 bits per heavy atom. The van der Waals surface area contributed by atoms with Crippen molar-refractivity contribution in [2.24, 2.45) is 0 Å². The summed E-state index contributed by atoms with van der Waals surface area (Å²) in [5.74, 6) is -0.811. The Bertz CT molecular complexity index is 750. The van der Waals surface area contributed by atoms with Gasteiger partial charge < -0.3 is 10.4 Å². The van der Waals surface area contributed by atoms with Gasteiger partial charge in [0.05, 0.1) is 16.4 Å². The van der Waals surface area contributed by atoms with Crippen LogP contribution in [0, 0.1) is 0 Å². The molecular weight excluding hydrogens is 350 g/mol. The van der Waals surface area contributed by atoms with Crippen LogP contribution in [0.1, 0.15) is 58.2 Å². The van der Waals surface area contributed by atoms with Crippen LogP contribution in [-0.2, 0) is 16.8 Å². The van der Waals surface area contributed by atoms with E-state index in [1.54, 1.807) is 4.68 Å². The summed E-state index contributed by atoms with van der Waals surface area (Å²) in [7, 11) is 0. The molecule has 0 saturated carbocycles. The quantitative estimate of drug-likeness (QED) is 0.707. The van der Waals surface area contributed by atoms with Gasteiger partial charge in [0.15, 0.2) is 0 Å². The minimum absolute atomic E-state index is 0.161. The number of nitrogens with one attached hydrogen (secondary N) is 1. The lowest BCUT2D eigenvalue weighted by atomic mass is 9.89. The highest BCUT2D eigenvalue weighted by Gasteiger charge is 2.24. The molecule has 0 bridgehead atoms. The predicted octanol–water partition coefficient (Wildman–Crippen LogP) is 4.56. The van der Waals surface area contributed by atoms with E-state index in [1.807, 2.05) is 30.5 Å². The number of carboxylic acids is 1. The number of aromatic nitrogens is 2. The number of carboxylic acid groups (broad SMARTS) is 1. The van der Waals surface area contributed by atoms with Crippen LogP contribution in [0.15, 0.2) is 30.5 Å². The molecule has 2 rings (SSSR count). The molecule has 0 unspecified atom stereocenters. The van der Waals surface area contributed by atoms with E-state index >= 15 is 0 Å². The van der Waals surface area contributed by atoms with Crippen LogP contribution in [-0.4, -0.2) is 26.9 Å². The molecule has 142 valence electrons. The van der Waals surface area contributed by atoms with Crippen LogP contribution in [0.4, 0.5) is 0 Å². The molecule has 2 aromatic rings. The number of rotatable bonds is 8. The lowest BCUT2D eigenvalue weighted by Gasteiger charge is -2.19. The number of halogens is 1. The van der Waals surface area contributed by atoms with E-state index in [1.165, 1.54) is 0 Å². The van der Waals surface area contributed by atoms with Crippen LogP contribution in [0.3, 0.4) is 0 Å². The smallest absolute Gasteiger partial charge is 0.320 e. The van der Waals surface area contributed by atoms with Crippen molar-refractivity contribution in [3.8, 4) is 5.69 Å². The third-order valence-electron chi connectivity index (χ3n) is 4.28. The lowest BCUT2D eigenvalue weighted by Crippen LogP contribution is -2.36. The molecule has 26 heavy (non-hydrogen) atoms. The SMILES string of the molecule is CCCC[C@H](NCc1cn(-c2ccccc2Cl)nc1C(C)(C)C)C(=O)O. The fraction of sp³-hybridized carbons (Fsp3) is 0.500. The fourth-order valence-electron chi connectivity index (χ4n) is 2.89. The molecule has 0 amide bonds. The highest BCUT2D eigenvalue weighted by molar-refractivity contribution is 6.32. The predicted molar refractivity (Wildman–Crippen MR) is 105 cm³/mol. The van der Waals surface area contributed by atoms with E-state index in [4.69, 9.17) is 16.7 Å². The molecule has 1 atom stereocenters. The molecule has 0 aliphatic heterocycles. The highest BCUT2D eigenvalue weighted by atomic mass is 35.5. The van der Waals surface area contributed by atoms with Gasteiger partial charge in [-0.2, -0.15) is 5.10 Å². The first-order chi connectivity index (χ1) is 12.2. The van der Waals surface area contributed by atoms with Gasteiger partial charge in [-0.15, -0.1) is 0 Å². The first-order valence-corrected chi connectivity index (χ1v) is 9.42. The van der Waals surface area contributed by atoms with Crippen LogP contribution < -0.4 is 5.32 Å². The van der Waals surface area contributed by atoms with Crippen molar-refractivity contribution in [1.82, 2.24) is 15.1 Å². The molecule has 0 radical (unpaired) electrons. The van der Waals surface area contributed by atoms with Gasteiger partial charge in [-0.05, 0) is 18.6 Å². The van der Waals surface area contributed by atoms with Gasteiger partial charge in [0.25, 0.3) is 0 Å². The molecule has 6 heteroatoms. The third kappa shape index (κ3) is 5.08. The van der Waals surface area contributed by atoms with Gasteiger partial charge in [0, 0.05) is 23.7 Å². The number of para-hydroxylation sites is 1. The molecular formula is C20H28ClN3O2. The minimum atomic E-state index is -0.811. The summed E-state index contributed by atoms with van der Waals surface area (Å²) in [4.78, 5) is 11.5. The van der Waals surface area contributed by atoms with Gasteiger partial charge in [-0.1, -0.05) is 64.3 Å². The molecule has 0 aliphatic carbocycles. The first kappa shape index (κ1) is 20.5. The van der Waals surface area contributed by atoms with Crippen molar-refractivity contribution in [2.45, 2.75) is 65.0 Å². The topological polar surface area (TPSA) is 67.2 Å². The maximum absolute atomic E-state index is 11.5. The lowest BCUT2D eigenvalue weighted by molar-refractivity contribution is -0.139. The molecule has 1 aromatic heterocycles. The van der Waals surface area contributed by atoms with Crippen molar-refractivity contribution in [3.63, 3.8) is 0 Å². The van der Waals surface area contributed by atoms with Crippen molar-refractivity contribution < 1.29 is 9.90 Å². The number of carbonyl (C=O) groups is 1. The summed E-state index contributed by atoms with van der Waals surface area (Å²) < 4.78 is 1.78. The van der Waals surface area contributed by atoms with Gasteiger partial charge in [0.2, 0.25) is 0 Å². The van der Waals surface area contributed by atoms with E-state index < -0.39 is 12.0 Å². The molecule has 1 heterocycles. The van der Waals surface area contributed by atoms with Crippen molar-refractivity contribution in [3.05, 3.63) is 46.7 Å². The number of nitrogens with zero attached hydrogens (tertiary/aromatic N) is 2. The second kappa shape index (κ2) is 8.69. The molecule has 0 aliphatic rings. The highest BCUT2D eigenvalue weighted by Crippen LogP contribution is 2.27. The van der Waals surface area contributed by atoms with Crippen LogP contribution in [0.25, 0.3) is 5.69 Å². The molecule has 0 fully saturated rings. The van der Waals surface area contributed by atoms with Crippen molar-refractivity contribution in [2.75, 3.05) is 0 Å². The van der Waals surface area contributed by atoms with Gasteiger partial charge in [0.1, 0.15) is 6.04 Å². The Morgan fingerprint density at radius 1 is 1.35 bits per heavy atom. The van der Waals surface area contributed by atoms with Crippen LogP contribution in [0.5, 0.6) is 0 Å². The summed E-state index contributed by atoms with van der Waals surface area (Å²) >= 11 is 6.31. The van der Waals surface area contributed by atoms with E-state index in [0.29, 0.717) is 18.0 Å². The summed E-state index contributed by atoms with van der Waals surface area (Å²) in [5, 5.41) is 18.0. The van der Waals surface area contributed by atoms with Crippen LogP contribution >= 0.6 is 11.6 Å². The number of aliphatic carboxylic acids is 1. The second-order valence-corrected chi connectivity index (χ2v) is 7.97. The molecule has 5 nitrogen and oxygen atoms in total. The monoisotopic (exact) mass is 377 g/mol. The normalized spacial score (nSPS) is 13.0. The van der Waals surface area contributed by atoms with Crippen molar-refractivity contribution >= 4 is 17.6 Å². The minimum Gasteiger partial charge on any atom is -0.480 e. The number of unbranched alkanes of at least 4 members (excludes halogenated alkanes) is 1. The van der Waals surface area contributed by atoms with E-state index in [9.17, 15) is 9.90 Å². The fourth-order valence-corrected chi connectivity index (χ4v) is 3.11. The van der Waals surface area contributed by atoms with Gasteiger partial charge >= 0.3 is 5.97 Å². The maximum Gasteiger partial charge on any atom is 0.320 e. The van der Waals surface area contributed by atoms with E-state index in [2.05, 4.69) is 33.0 Å². The van der Waals surface area contributed by atoms with E-state index in [0.717, 1.165) is 29.8 Å². The molecule has 0 saturated heterocycles. The summed E-state index contributed by atoms with van der Waals surface area (Å²) in [5.41, 5.74) is 2.57. The zero-order chi connectivity index (χ0) is 19.3.